The zero-order valence-electron chi connectivity index (χ0n) is 35.5. The Morgan fingerprint density at radius 2 is 1.31 bits per heavy atom. The van der Waals surface area contributed by atoms with Crippen LogP contribution in [0.5, 0.6) is 0 Å². The summed E-state index contributed by atoms with van der Waals surface area (Å²) in [5.41, 5.74) is 5.70. The zero-order valence-corrected chi connectivity index (χ0v) is 35.5. The highest BCUT2D eigenvalue weighted by Gasteiger charge is 2.29. The predicted octanol–water partition coefficient (Wildman–Crippen LogP) is 0.300. The maximum Gasteiger partial charge on any atom is 0.312 e. The van der Waals surface area contributed by atoms with Crippen LogP contribution in [0, 0.1) is 5.92 Å². The molecule has 2 rings (SSSR count). The molecule has 340 valence electrons. The van der Waals surface area contributed by atoms with E-state index in [2.05, 4.69) is 31.9 Å². The molecule has 1 aromatic carbocycles. The molecular weight excluding hydrogens is 796 g/mol. The number of benzene rings is 1. The molecule has 0 fully saturated rings. The van der Waals surface area contributed by atoms with E-state index in [1.54, 1.807) is 13.8 Å². The topological polar surface area (TPSA) is 286 Å². The van der Waals surface area contributed by atoms with Crippen LogP contribution < -0.4 is 37.6 Å². The molecule has 1 aliphatic rings. The lowest BCUT2D eigenvalue weighted by molar-refractivity contribution is -0.137. The second-order valence-corrected chi connectivity index (χ2v) is 14.5. The third-order valence-corrected chi connectivity index (χ3v) is 9.11. The first-order chi connectivity index (χ1) is 29.2. The highest BCUT2D eigenvalue weighted by atomic mass is 16.5. The first-order valence-corrected chi connectivity index (χ1v) is 20.8. The molecule has 1 aliphatic heterocycles. The van der Waals surface area contributed by atoms with E-state index < -0.39 is 41.9 Å². The molecular formula is C41H64N8O12. The van der Waals surface area contributed by atoms with E-state index >= 15 is 0 Å². The van der Waals surface area contributed by atoms with Gasteiger partial charge in [-0.15, -0.1) is 0 Å². The minimum Gasteiger partial charge on any atom is -0.379 e. The van der Waals surface area contributed by atoms with Gasteiger partial charge in [0.25, 0.3) is 17.7 Å². The van der Waals surface area contributed by atoms with Gasteiger partial charge < -0.3 is 57.0 Å². The van der Waals surface area contributed by atoms with E-state index in [4.69, 9.17) is 19.9 Å². The fourth-order valence-electron chi connectivity index (χ4n) is 5.77. The molecule has 0 aliphatic carbocycles. The fourth-order valence-corrected chi connectivity index (χ4v) is 5.77. The Morgan fingerprint density at radius 3 is 1.93 bits per heavy atom. The fraction of sp³-hybridized carbons (Fsp3) is 0.610. The van der Waals surface area contributed by atoms with E-state index in [1.165, 1.54) is 36.4 Å². The molecule has 1 heterocycles. The number of nitrogens with zero attached hydrogens (tertiary/aromatic N) is 1. The molecule has 0 saturated heterocycles. The molecule has 1 aromatic rings. The van der Waals surface area contributed by atoms with Crippen molar-refractivity contribution in [3.8, 4) is 0 Å². The summed E-state index contributed by atoms with van der Waals surface area (Å²) in [7, 11) is 0. The van der Waals surface area contributed by atoms with Crippen LogP contribution >= 0.6 is 0 Å². The number of amides is 9. The molecule has 0 radical (unpaired) electrons. The smallest absolute Gasteiger partial charge is 0.312 e. The van der Waals surface area contributed by atoms with Crippen molar-refractivity contribution in [2.24, 2.45) is 11.7 Å². The molecule has 20 nitrogen and oxygen atoms in total. The number of primary amides is 1. The highest BCUT2D eigenvalue weighted by molar-refractivity contribution is 6.12. The SMILES string of the molecule is CCCOCCOCCOCCC(=O)NCCNC(=O)C(O)c1ccc(NC(=O)[C@H](CCCNC(N)=O)NC(=O)[C@@H](NC(=O)CCCCCN2C(=O)C=CC2=O)C(C)C)cc1. The summed E-state index contributed by atoms with van der Waals surface area (Å²) < 4.78 is 16.1. The van der Waals surface area contributed by atoms with Gasteiger partial charge in [-0.2, -0.15) is 0 Å². The van der Waals surface area contributed by atoms with E-state index in [0.717, 1.165) is 11.3 Å². The average Bonchev–Trinajstić information content (AvgIpc) is 3.55. The van der Waals surface area contributed by atoms with Gasteiger partial charge in [0.05, 0.1) is 33.0 Å². The molecule has 1 unspecified atom stereocenters. The molecule has 0 bridgehead atoms. The van der Waals surface area contributed by atoms with Crippen LogP contribution in [-0.4, -0.2) is 135 Å². The Kier molecular flexibility index (Phi) is 25.2. The van der Waals surface area contributed by atoms with Gasteiger partial charge in [-0.1, -0.05) is 39.3 Å². The summed E-state index contributed by atoms with van der Waals surface area (Å²) in [5, 5.41) is 26.4. The van der Waals surface area contributed by atoms with Crippen LogP contribution in [0.4, 0.5) is 10.5 Å². The number of nitrogens with one attached hydrogen (secondary N) is 6. The maximum absolute atomic E-state index is 13.5. The molecule has 20 heteroatoms. The molecule has 0 saturated carbocycles. The van der Waals surface area contributed by atoms with Crippen molar-refractivity contribution in [1.29, 1.82) is 0 Å². The number of unbranched alkanes of at least 4 members (excludes halogenated alkanes) is 2. The number of hydrogen-bond acceptors (Lipinski definition) is 12. The standard InChI is InChI=1S/C41H64N8O12/c1-4-22-59-24-26-61-27-25-60-23-17-32(50)43-19-20-44-40(57)37(54)29-11-13-30(14-12-29)46-38(55)31(9-8-18-45-41(42)58)47-39(56)36(28(2)3)48-33(51)10-6-5-7-21-49-34(52)15-16-35(49)53/h11-16,28,31,36-37,54H,4-10,17-27H2,1-3H3,(H,43,50)(H,44,57)(H,46,55)(H,47,56)(H,48,51)(H3,42,45,58)/t31-,36-,37?/m0/s1. The molecule has 3 atom stereocenters. The Labute approximate surface area is 356 Å². The average molecular weight is 861 g/mol. The van der Waals surface area contributed by atoms with E-state index in [-0.39, 0.29) is 93.6 Å². The number of aliphatic hydroxyl groups is 1. The van der Waals surface area contributed by atoms with Crippen LogP contribution in [0.3, 0.4) is 0 Å². The third kappa shape index (κ3) is 21.6. The van der Waals surface area contributed by atoms with Gasteiger partial charge in [-0.05, 0) is 55.7 Å². The third-order valence-electron chi connectivity index (χ3n) is 9.11. The lowest BCUT2D eigenvalue weighted by Gasteiger charge is -2.25. The second kappa shape index (κ2) is 29.7. The van der Waals surface area contributed by atoms with Crippen LogP contribution in [0.15, 0.2) is 36.4 Å². The van der Waals surface area contributed by atoms with Crippen LogP contribution in [0.25, 0.3) is 0 Å². The number of aliphatic hydroxyl groups excluding tert-OH is 1. The Hall–Kier alpha value is -5.44. The zero-order chi connectivity index (χ0) is 45.0. The predicted molar refractivity (Wildman–Crippen MR) is 223 cm³/mol. The normalized spacial score (nSPS) is 13.7. The first-order valence-electron chi connectivity index (χ1n) is 20.8. The summed E-state index contributed by atoms with van der Waals surface area (Å²) in [6.07, 6.45) is 4.01. The number of carbonyl (C=O) groups excluding carboxylic acids is 8. The van der Waals surface area contributed by atoms with E-state index in [1.807, 2.05) is 6.92 Å². The van der Waals surface area contributed by atoms with Crippen molar-refractivity contribution >= 4 is 53.1 Å². The quantitative estimate of drug-likeness (QED) is 0.0359. The van der Waals surface area contributed by atoms with Gasteiger partial charge in [-0.25, -0.2) is 4.79 Å². The molecule has 0 spiro atoms. The van der Waals surface area contributed by atoms with Crippen LogP contribution in [0.2, 0.25) is 0 Å². The van der Waals surface area contributed by atoms with Crippen molar-refractivity contribution in [2.75, 3.05) is 71.1 Å². The summed E-state index contributed by atoms with van der Waals surface area (Å²) in [4.78, 5) is 100. The molecule has 9 amide bonds. The molecule has 0 aromatic heterocycles. The van der Waals surface area contributed by atoms with Crippen molar-refractivity contribution < 1.29 is 57.7 Å². The molecule has 61 heavy (non-hydrogen) atoms. The first kappa shape index (κ1) is 51.7. The Balaban J connectivity index is 1.82. The van der Waals surface area contributed by atoms with Crippen molar-refractivity contribution in [3.05, 3.63) is 42.0 Å². The Morgan fingerprint density at radius 1 is 0.689 bits per heavy atom. The number of urea groups is 1. The Bertz CT molecular complexity index is 1590. The summed E-state index contributed by atoms with van der Waals surface area (Å²) in [6, 6.07) is 3.04. The number of hydrogen-bond donors (Lipinski definition) is 8. The largest absolute Gasteiger partial charge is 0.379 e. The van der Waals surface area contributed by atoms with Gasteiger partial charge in [0.2, 0.25) is 23.6 Å². The van der Waals surface area contributed by atoms with Crippen LogP contribution in [-0.2, 0) is 47.8 Å². The maximum atomic E-state index is 13.5. The minimum absolute atomic E-state index is 0.0688. The number of anilines is 1. The van der Waals surface area contributed by atoms with Crippen molar-refractivity contribution in [3.63, 3.8) is 0 Å². The highest BCUT2D eigenvalue weighted by Crippen LogP contribution is 2.18. The van der Waals surface area contributed by atoms with Crippen molar-refractivity contribution in [1.82, 2.24) is 31.5 Å². The summed E-state index contributed by atoms with van der Waals surface area (Å²) >= 11 is 0. The second-order valence-electron chi connectivity index (χ2n) is 14.5. The lowest BCUT2D eigenvalue weighted by atomic mass is 10.0. The van der Waals surface area contributed by atoms with E-state index in [9.17, 15) is 43.5 Å². The number of ether oxygens (including phenoxy) is 3. The van der Waals surface area contributed by atoms with Crippen molar-refractivity contribution in [2.45, 2.75) is 90.3 Å². The number of imide groups is 1. The van der Waals surface area contributed by atoms with Gasteiger partial charge in [0.15, 0.2) is 6.10 Å². The summed E-state index contributed by atoms with van der Waals surface area (Å²) in [6.45, 7) is 8.75. The van der Waals surface area contributed by atoms with Crippen LogP contribution in [0.1, 0.15) is 83.8 Å². The molecule has 9 N–H and O–H groups in total. The number of carbonyl (C=O) groups is 8. The van der Waals surface area contributed by atoms with Gasteiger partial charge in [0.1, 0.15) is 12.1 Å². The number of rotatable bonds is 32. The minimum atomic E-state index is -1.54. The van der Waals surface area contributed by atoms with Gasteiger partial charge in [0, 0.05) is 63.5 Å². The number of nitrogens with two attached hydrogens (primary N) is 1. The summed E-state index contributed by atoms with van der Waals surface area (Å²) in [5.74, 6) is -3.59. The lowest BCUT2D eigenvalue weighted by Crippen LogP contribution is -2.54. The van der Waals surface area contributed by atoms with Gasteiger partial charge in [-0.3, -0.25) is 38.5 Å². The monoisotopic (exact) mass is 860 g/mol. The van der Waals surface area contributed by atoms with E-state index in [0.29, 0.717) is 58.0 Å². The van der Waals surface area contributed by atoms with Gasteiger partial charge >= 0.3 is 6.03 Å².